The molecule has 0 aromatic heterocycles. The molecule has 1 unspecified atom stereocenters. The zero-order valence-electron chi connectivity index (χ0n) is 15.9. The molecule has 0 spiro atoms. The molecule has 1 fully saturated rings. The fraction of sp³-hybridized carbons (Fsp3) is 0.409. The van der Waals surface area contributed by atoms with Gasteiger partial charge in [0.2, 0.25) is 0 Å². The molecule has 4 nitrogen and oxygen atoms in total. The lowest BCUT2D eigenvalue weighted by molar-refractivity contribution is -0.139. The Kier molecular flexibility index (Phi) is 5.82. The first-order valence-electron chi connectivity index (χ1n) is 9.41. The van der Waals surface area contributed by atoms with Crippen LogP contribution in [0.5, 0.6) is 5.75 Å². The minimum atomic E-state index is -0.417. The SMILES string of the molecule is CCC(Oc1ccc(C)cc1C)C(=O)N1CCN(c2ccccc2)CC1. The number of hydrogen-bond acceptors (Lipinski definition) is 3. The number of piperazine rings is 1. The van der Waals surface area contributed by atoms with E-state index in [2.05, 4.69) is 42.2 Å². The molecular formula is C22H28N2O2. The molecule has 4 heteroatoms. The lowest BCUT2D eigenvalue weighted by Crippen LogP contribution is -2.52. The van der Waals surface area contributed by atoms with Crippen molar-refractivity contribution in [3.8, 4) is 5.75 Å². The molecule has 1 aliphatic heterocycles. The summed E-state index contributed by atoms with van der Waals surface area (Å²) in [7, 11) is 0. The van der Waals surface area contributed by atoms with Gasteiger partial charge in [-0.25, -0.2) is 0 Å². The van der Waals surface area contributed by atoms with Gasteiger partial charge in [0.25, 0.3) is 5.91 Å². The van der Waals surface area contributed by atoms with E-state index >= 15 is 0 Å². The van der Waals surface area contributed by atoms with Crippen LogP contribution in [0.4, 0.5) is 5.69 Å². The molecule has 2 aromatic rings. The van der Waals surface area contributed by atoms with Crippen molar-refractivity contribution in [2.45, 2.75) is 33.3 Å². The Balaban J connectivity index is 1.61. The lowest BCUT2D eigenvalue weighted by Gasteiger charge is -2.37. The van der Waals surface area contributed by atoms with Crippen LogP contribution in [0, 0.1) is 13.8 Å². The maximum absolute atomic E-state index is 12.9. The van der Waals surface area contributed by atoms with E-state index in [0.717, 1.165) is 37.5 Å². The normalized spacial score (nSPS) is 15.7. The van der Waals surface area contributed by atoms with Crippen molar-refractivity contribution in [2.24, 2.45) is 0 Å². The molecule has 0 N–H and O–H groups in total. The van der Waals surface area contributed by atoms with Gasteiger partial charge in [0, 0.05) is 31.9 Å². The van der Waals surface area contributed by atoms with E-state index in [1.54, 1.807) is 0 Å². The predicted molar refractivity (Wildman–Crippen MR) is 106 cm³/mol. The second kappa shape index (κ2) is 8.26. The average molecular weight is 352 g/mol. The summed E-state index contributed by atoms with van der Waals surface area (Å²) < 4.78 is 6.07. The molecule has 0 aliphatic carbocycles. The number of ether oxygens (including phenoxy) is 1. The van der Waals surface area contributed by atoms with E-state index in [4.69, 9.17) is 4.74 Å². The van der Waals surface area contributed by atoms with E-state index in [1.165, 1.54) is 11.3 Å². The topological polar surface area (TPSA) is 32.8 Å². The van der Waals surface area contributed by atoms with Crippen molar-refractivity contribution in [3.63, 3.8) is 0 Å². The van der Waals surface area contributed by atoms with Gasteiger partial charge in [-0.2, -0.15) is 0 Å². The highest BCUT2D eigenvalue weighted by Gasteiger charge is 2.28. The third kappa shape index (κ3) is 4.18. The number of rotatable bonds is 5. The standard InChI is InChI=1S/C22H28N2O2/c1-4-20(26-21-11-10-17(2)16-18(21)3)22(25)24-14-12-23(13-15-24)19-8-6-5-7-9-19/h5-11,16,20H,4,12-15H2,1-3H3. The first-order valence-corrected chi connectivity index (χ1v) is 9.41. The fourth-order valence-electron chi connectivity index (χ4n) is 3.42. The summed E-state index contributed by atoms with van der Waals surface area (Å²) in [5.74, 6) is 0.902. The van der Waals surface area contributed by atoms with Crippen molar-refractivity contribution in [2.75, 3.05) is 31.1 Å². The molecule has 1 aliphatic rings. The molecule has 1 heterocycles. The molecule has 0 bridgehead atoms. The second-order valence-corrected chi connectivity index (χ2v) is 6.93. The van der Waals surface area contributed by atoms with Gasteiger partial charge < -0.3 is 14.5 Å². The molecule has 3 rings (SSSR count). The van der Waals surface area contributed by atoms with E-state index in [-0.39, 0.29) is 5.91 Å². The number of benzene rings is 2. The minimum absolute atomic E-state index is 0.0974. The van der Waals surface area contributed by atoms with E-state index in [1.807, 2.05) is 36.9 Å². The van der Waals surface area contributed by atoms with Gasteiger partial charge in [-0.1, -0.05) is 42.8 Å². The van der Waals surface area contributed by atoms with Gasteiger partial charge in [-0.05, 0) is 44.0 Å². The number of hydrogen-bond donors (Lipinski definition) is 0. The highest BCUT2D eigenvalue weighted by atomic mass is 16.5. The van der Waals surface area contributed by atoms with Crippen LogP contribution < -0.4 is 9.64 Å². The molecule has 26 heavy (non-hydrogen) atoms. The number of aryl methyl sites for hydroxylation is 2. The van der Waals surface area contributed by atoms with Crippen molar-refractivity contribution in [1.82, 2.24) is 4.90 Å². The number of carbonyl (C=O) groups is 1. The number of carbonyl (C=O) groups excluding carboxylic acids is 1. The number of amides is 1. The minimum Gasteiger partial charge on any atom is -0.480 e. The predicted octanol–water partition coefficient (Wildman–Crippen LogP) is 3.81. The van der Waals surface area contributed by atoms with Crippen LogP contribution in [0.25, 0.3) is 0 Å². The number of nitrogens with zero attached hydrogens (tertiary/aromatic N) is 2. The van der Waals surface area contributed by atoms with Crippen LogP contribution >= 0.6 is 0 Å². The van der Waals surface area contributed by atoms with Crippen molar-refractivity contribution in [3.05, 3.63) is 59.7 Å². The van der Waals surface area contributed by atoms with Gasteiger partial charge in [0.15, 0.2) is 6.10 Å². The Morgan fingerprint density at radius 3 is 2.35 bits per heavy atom. The molecule has 1 saturated heterocycles. The van der Waals surface area contributed by atoms with Gasteiger partial charge >= 0.3 is 0 Å². The highest BCUT2D eigenvalue weighted by molar-refractivity contribution is 5.81. The summed E-state index contributed by atoms with van der Waals surface area (Å²) in [6.07, 6.45) is 0.255. The van der Waals surface area contributed by atoms with Crippen LogP contribution in [0.15, 0.2) is 48.5 Å². The smallest absolute Gasteiger partial charge is 0.263 e. The number of anilines is 1. The Morgan fingerprint density at radius 2 is 1.73 bits per heavy atom. The van der Waals surface area contributed by atoms with Crippen LogP contribution in [0.3, 0.4) is 0 Å². The zero-order valence-corrected chi connectivity index (χ0v) is 15.9. The third-order valence-corrected chi connectivity index (χ3v) is 4.96. The molecule has 138 valence electrons. The monoisotopic (exact) mass is 352 g/mol. The van der Waals surface area contributed by atoms with Crippen molar-refractivity contribution < 1.29 is 9.53 Å². The molecule has 1 atom stereocenters. The van der Waals surface area contributed by atoms with Gasteiger partial charge in [0.05, 0.1) is 0 Å². The lowest BCUT2D eigenvalue weighted by atomic mass is 10.1. The Labute approximate surface area is 156 Å². The maximum atomic E-state index is 12.9. The molecule has 2 aromatic carbocycles. The van der Waals surface area contributed by atoms with Crippen LogP contribution in [0.2, 0.25) is 0 Å². The third-order valence-electron chi connectivity index (χ3n) is 4.96. The highest BCUT2D eigenvalue weighted by Crippen LogP contribution is 2.22. The summed E-state index contributed by atoms with van der Waals surface area (Å²) in [4.78, 5) is 17.2. The molecule has 0 saturated carbocycles. The van der Waals surface area contributed by atoms with Crippen LogP contribution in [-0.2, 0) is 4.79 Å². The van der Waals surface area contributed by atoms with Crippen molar-refractivity contribution in [1.29, 1.82) is 0 Å². The molecular weight excluding hydrogens is 324 g/mol. The zero-order chi connectivity index (χ0) is 18.5. The molecule has 1 amide bonds. The quantitative estimate of drug-likeness (QED) is 0.820. The largest absolute Gasteiger partial charge is 0.480 e. The van der Waals surface area contributed by atoms with Crippen molar-refractivity contribution >= 4 is 11.6 Å². The molecule has 0 radical (unpaired) electrons. The average Bonchev–Trinajstić information content (AvgIpc) is 2.68. The first kappa shape index (κ1) is 18.3. The second-order valence-electron chi connectivity index (χ2n) is 6.93. The van der Waals surface area contributed by atoms with E-state index < -0.39 is 6.10 Å². The Bertz CT molecular complexity index is 737. The summed E-state index contributed by atoms with van der Waals surface area (Å²) in [6, 6.07) is 16.5. The van der Waals surface area contributed by atoms with Gasteiger partial charge in [-0.15, -0.1) is 0 Å². The van der Waals surface area contributed by atoms with E-state index in [0.29, 0.717) is 6.42 Å². The first-order chi connectivity index (χ1) is 12.6. The summed E-state index contributed by atoms with van der Waals surface area (Å²) >= 11 is 0. The fourth-order valence-corrected chi connectivity index (χ4v) is 3.42. The van der Waals surface area contributed by atoms with Gasteiger partial charge in [0.1, 0.15) is 5.75 Å². The van der Waals surface area contributed by atoms with Crippen LogP contribution in [-0.4, -0.2) is 43.1 Å². The number of para-hydroxylation sites is 1. The maximum Gasteiger partial charge on any atom is 0.263 e. The Hall–Kier alpha value is -2.49. The van der Waals surface area contributed by atoms with Crippen LogP contribution in [0.1, 0.15) is 24.5 Å². The summed E-state index contributed by atoms with van der Waals surface area (Å²) in [5.41, 5.74) is 3.49. The Morgan fingerprint density at radius 1 is 1.04 bits per heavy atom. The van der Waals surface area contributed by atoms with Gasteiger partial charge in [-0.3, -0.25) is 4.79 Å². The summed E-state index contributed by atoms with van der Waals surface area (Å²) in [6.45, 7) is 9.28. The summed E-state index contributed by atoms with van der Waals surface area (Å²) in [5, 5.41) is 0. The van der Waals surface area contributed by atoms with E-state index in [9.17, 15) is 4.79 Å².